The lowest BCUT2D eigenvalue weighted by Crippen LogP contribution is -2.45. The summed E-state index contributed by atoms with van der Waals surface area (Å²) in [5.74, 6) is -0.699. The average molecular weight is 352 g/mol. The van der Waals surface area contributed by atoms with E-state index in [1.165, 1.54) is 29.1 Å². The van der Waals surface area contributed by atoms with Gasteiger partial charge in [0.1, 0.15) is 24.5 Å². The molecule has 122 valence electrons. The number of aromatic nitrogens is 1. The summed E-state index contributed by atoms with van der Waals surface area (Å²) in [6.45, 7) is -4.71. The van der Waals surface area contributed by atoms with Crippen molar-refractivity contribution in [3.63, 3.8) is 0 Å². The number of pyridine rings is 1. The molecule has 0 aliphatic carbocycles. The Morgan fingerprint density at radius 3 is 2.95 bits per heavy atom. The maximum atomic E-state index is 14.1. The monoisotopic (exact) mass is 352 g/mol. The van der Waals surface area contributed by atoms with E-state index in [4.69, 9.17) is 15.4 Å². The van der Waals surface area contributed by atoms with Crippen molar-refractivity contribution in [3.8, 4) is 0 Å². The van der Waals surface area contributed by atoms with Crippen LogP contribution >= 0.6 is 6.72 Å². The van der Waals surface area contributed by atoms with Crippen LogP contribution in [0.3, 0.4) is 0 Å². The van der Waals surface area contributed by atoms with Gasteiger partial charge in [-0.1, -0.05) is 11.8 Å². The van der Waals surface area contributed by atoms with Gasteiger partial charge in [-0.15, -0.1) is 0 Å². The number of carbonyl (C=O) groups excluding carboxylic acids is 1. The van der Waals surface area contributed by atoms with Crippen LogP contribution in [0, 0.1) is 0 Å². The first-order valence-corrected chi connectivity index (χ1v) is 8.74. The zero-order chi connectivity index (χ0) is 16.5. The minimum Gasteiger partial charge on any atom is -0.780 e. The van der Waals surface area contributed by atoms with Gasteiger partial charge in [-0.05, 0) is 6.07 Å². The molecule has 0 saturated carbocycles. The molecule has 22 heavy (non-hydrogen) atoms. The quantitative estimate of drug-likeness (QED) is 0.424. The topological polar surface area (TPSA) is 129 Å². The van der Waals surface area contributed by atoms with E-state index in [1.807, 2.05) is 0 Å². The summed E-state index contributed by atoms with van der Waals surface area (Å²) < 4.78 is 25.1. The third-order valence-corrected chi connectivity index (χ3v) is 3.89. The maximum Gasteiger partial charge on any atom is 0.297 e. The fourth-order valence-corrected chi connectivity index (χ4v) is 2.56. The molecule has 11 heteroatoms. The number of aliphatic hydroxyl groups excluding tert-OH is 1. The van der Waals surface area contributed by atoms with Crippen LogP contribution in [0.5, 0.6) is 0 Å². The molecule has 4 N–H and O–H groups in total. The van der Waals surface area contributed by atoms with Gasteiger partial charge in [0.2, 0.25) is 6.17 Å². The Bertz CT molecular complexity index is 614. The largest absolute Gasteiger partial charge is 0.780 e. The molecular formula is C11H14FN2O6PS. The van der Waals surface area contributed by atoms with Gasteiger partial charge in [-0.25, -0.2) is 4.39 Å². The van der Waals surface area contributed by atoms with Crippen LogP contribution in [0.4, 0.5) is 4.39 Å². The minimum absolute atomic E-state index is 0.137. The van der Waals surface area contributed by atoms with Crippen molar-refractivity contribution in [3.05, 3.63) is 30.1 Å². The first kappa shape index (κ1) is 17.4. The van der Waals surface area contributed by atoms with Crippen molar-refractivity contribution in [1.82, 2.24) is 0 Å². The predicted octanol–water partition coefficient (Wildman–Crippen LogP) is -1.74. The number of halogens is 1. The van der Waals surface area contributed by atoms with Crippen LogP contribution in [0.15, 0.2) is 24.5 Å². The van der Waals surface area contributed by atoms with E-state index in [2.05, 4.69) is 16.3 Å². The third kappa shape index (κ3) is 4.05. The van der Waals surface area contributed by atoms with E-state index in [0.29, 0.717) is 0 Å². The molecule has 0 bridgehead atoms. The van der Waals surface area contributed by atoms with Crippen molar-refractivity contribution in [2.24, 2.45) is 5.73 Å². The van der Waals surface area contributed by atoms with Crippen LogP contribution in [-0.4, -0.2) is 40.9 Å². The van der Waals surface area contributed by atoms with Gasteiger partial charge in [0, 0.05) is 6.07 Å². The minimum atomic E-state index is -4.18. The van der Waals surface area contributed by atoms with Crippen LogP contribution in [-0.2, 0) is 21.1 Å². The number of nitrogens with zero attached hydrogens (tertiary/aromatic N) is 1. The fourth-order valence-electron chi connectivity index (χ4n) is 2.05. The number of carbonyl (C=O) groups is 1. The molecule has 1 aromatic rings. The Morgan fingerprint density at radius 2 is 2.36 bits per heavy atom. The highest BCUT2D eigenvalue weighted by atomic mass is 32.5. The number of amides is 1. The Hall–Kier alpha value is -1.00. The van der Waals surface area contributed by atoms with Gasteiger partial charge in [0.25, 0.3) is 12.1 Å². The van der Waals surface area contributed by atoms with Crippen molar-refractivity contribution in [2.75, 3.05) is 6.61 Å². The highest BCUT2D eigenvalue weighted by molar-refractivity contribution is 8.06. The molecule has 0 radical (unpaired) electrons. The van der Waals surface area contributed by atoms with Gasteiger partial charge in [-0.2, -0.15) is 4.57 Å². The van der Waals surface area contributed by atoms with Gasteiger partial charge in [0.15, 0.2) is 12.4 Å². The SMILES string of the molecule is NC(=O)c1ccc[n+]([C@@H]2O[C@H](COP([O-])(O)=S)[C@@H](O)[C@@H]2F)c1. The number of alkyl halides is 1. The van der Waals surface area contributed by atoms with E-state index < -0.39 is 43.8 Å². The van der Waals surface area contributed by atoms with E-state index in [1.54, 1.807) is 0 Å². The number of hydrogen-bond donors (Lipinski definition) is 3. The lowest BCUT2D eigenvalue weighted by Gasteiger charge is -2.22. The first-order valence-electron chi connectivity index (χ1n) is 6.15. The van der Waals surface area contributed by atoms with E-state index >= 15 is 0 Å². The van der Waals surface area contributed by atoms with Gasteiger partial charge < -0.3 is 29.9 Å². The maximum absolute atomic E-state index is 14.1. The summed E-state index contributed by atoms with van der Waals surface area (Å²) in [7, 11) is 0. The lowest BCUT2D eigenvalue weighted by atomic mass is 10.1. The average Bonchev–Trinajstić information content (AvgIpc) is 2.72. The summed E-state index contributed by atoms with van der Waals surface area (Å²) in [4.78, 5) is 30.9. The lowest BCUT2D eigenvalue weighted by molar-refractivity contribution is -0.764. The highest BCUT2D eigenvalue weighted by Crippen LogP contribution is 2.34. The van der Waals surface area contributed by atoms with Crippen LogP contribution in [0.2, 0.25) is 0 Å². The van der Waals surface area contributed by atoms with Crippen molar-refractivity contribution in [2.45, 2.75) is 24.6 Å². The first-order chi connectivity index (χ1) is 10.2. The van der Waals surface area contributed by atoms with E-state index in [0.717, 1.165) is 0 Å². The zero-order valence-corrected chi connectivity index (χ0v) is 12.8. The molecule has 5 atom stereocenters. The number of rotatable bonds is 5. The standard InChI is InChI=1S/C11H14FN2O6PS/c12-8-9(15)7(5-19-21(17,18)22)20-11(8)14-3-1-2-6(4-14)10(13)16/h1-4,7-9,11,15H,5H2,(H3-,13,16,17,18,22)/t7-,8+,9-,11-/m1/s1. The summed E-state index contributed by atoms with van der Waals surface area (Å²) in [5, 5.41) is 9.77. The summed E-state index contributed by atoms with van der Waals surface area (Å²) >= 11 is 4.16. The third-order valence-electron chi connectivity index (χ3n) is 3.10. The van der Waals surface area contributed by atoms with Gasteiger partial charge in [0.05, 0.1) is 6.61 Å². The van der Waals surface area contributed by atoms with Crippen LogP contribution in [0.1, 0.15) is 16.6 Å². The number of aliphatic hydroxyl groups is 1. The van der Waals surface area contributed by atoms with Crippen LogP contribution < -0.4 is 15.2 Å². The molecule has 1 aromatic heterocycles. The Labute approximate surface area is 130 Å². The number of hydrogen-bond acceptors (Lipinski definition) is 6. The van der Waals surface area contributed by atoms with Crippen molar-refractivity contribution < 1.29 is 37.9 Å². The molecule has 8 nitrogen and oxygen atoms in total. The second kappa shape index (κ2) is 6.63. The number of nitrogens with two attached hydrogens (primary N) is 1. The second-order valence-electron chi connectivity index (χ2n) is 4.67. The Balaban J connectivity index is 2.14. The molecule has 1 unspecified atom stereocenters. The molecular weight excluding hydrogens is 338 g/mol. The normalized spacial score (nSPS) is 30.9. The number of ether oxygens (including phenoxy) is 1. The summed E-state index contributed by atoms with van der Waals surface area (Å²) in [6, 6.07) is 2.91. The highest BCUT2D eigenvalue weighted by Gasteiger charge is 2.50. The molecule has 1 amide bonds. The summed E-state index contributed by atoms with van der Waals surface area (Å²) in [5.41, 5.74) is 5.28. The predicted molar refractivity (Wildman–Crippen MR) is 72.4 cm³/mol. The molecule has 0 spiro atoms. The molecule has 1 aliphatic heterocycles. The van der Waals surface area contributed by atoms with Crippen LogP contribution in [0.25, 0.3) is 0 Å². The molecule has 2 rings (SSSR count). The molecule has 1 saturated heterocycles. The van der Waals surface area contributed by atoms with Crippen molar-refractivity contribution >= 4 is 24.4 Å². The fraction of sp³-hybridized carbons (Fsp3) is 0.455. The van der Waals surface area contributed by atoms with Gasteiger partial charge in [-0.3, -0.25) is 4.79 Å². The Morgan fingerprint density at radius 1 is 1.68 bits per heavy atom. The number of primary amides is 1. The molecule has 1 fully saturated rings. The second-order valence-corrected chi connectivity index (χ2v) is 7.25. The molecule has 0 aromatic carbocycles. The van der Waals surface area contributed by atoms with E-state index in [9.17, 15) is 19.2 Å². The van der Waals surface area contributed by atoms with E-state index in [-0.39, 0.29) is 5.56 Å². The Kier molecular flexibility index (Phi) is 5.23. The smallest absolute Gasteiger partial charge is 0.297 e. The summed E-state index contributed by atoms with van der Waals surface area (Å²) in [6.07, 6.45) is -3.09. The van der Waals surface area contributed by atoms with Gasteiger partial charge >= 0.3 is 0 Å². The molecule has 2 heterocycles. The molecule has 1 aliphatic rings. The zero-order valence-electron chi connectivity index (χ0n) is 11.1. The van der Waals surface area contributed by atoms with Crippen molar-refractivity contribution in [1.29, 1.82) is 0 Å².